The van der Waals surface area contributed by atoms with Gasteiger partial charge >= 0.3 is 0 Å². The van der Waals surface area contributed by atoms with Gasteiger partial charge in [0.15, 0.2) is 5.96 Å². The van der Waals surface area contributed by atoms with Crippen LogP contribution in [0, 0.1) is 5.41 Å². The van der Waals surface area contributed by atoms with E-state index in [1.54, 1.807) is 6.20 Å². The lowest BCUT2D eigenvalue weighted by atomic mass is 9.68. The van der Waals surface area contributed by atoms with Crippen LogP contribution in [0.3, 0.4) is 0 Å². The summed E-state index contributed by atoms with van der Waals surface area (Å²) < 4.78 is 5.73. The number of ether oxygens (including phenoxy) is 1. The van der Waals surface area contributed by atoms with Crippen molar-refractivity contribution in [1.82, 2.24) is 15.2 Å². The molecule has 5 heteroatoms. The molecule has 0 unspecified atom stereocenters. The van der Waals surface area contributed by atoms with E-state index in [9.17, 15) is 0 Å². The molecule has 2 heterocycles. The molecule has 1 aromatic rings. The van der Waals surface area contributed by atoms with Crippen LogP contribution in [0.25, 0.3) is 0 Å². The molecule has 126 valence electrons. The smallest absolute Gasteiger partial charge is 0.218 e. The lowest BCUT2D eigenvalue weighted by Gasteiger charge is -2.38. The summed E-state index contributed by atoms with van der Waals surface area (Å²) in [6.07, 6.45) is 8.25. The normalized spacial score (nSPS) is 19.7. The summed E-state index contributed by atoms with van der Waals surface area (Å²) in [4.78, 5) is 11.2. The molecule has 0 amide bonds. The van der Waals surface area contributed by atoms with Crippen LogP contribution in [0.4, 0.5) is 0 Å². The quantitative estimate of drug-likeness (QED) is 0.670. The zero-order valence-electron chi connectivity index (χ0n) is 14.3. The maximum absolute atomic E-state index is 5.73. The molecule has 3 rings (SSSR count). The van der Waals surface area contributed by atoms with Gasteiger partial charge in [-0.3, -0.25) is 4.99 Å². The van der Waals surface area contributed by atoms with E-state index < -0.39 is 0 Å². The molecule has 23 heavy (non-hydrogen) atoms. The van der Waals surface area contributed by atoms with E-state index >= 15 is 0 Å². The Balaban J connectivity index is 1.58. The van der Waals surface area contributed by atoms with Crippen LogP contribution >= 0.6 is 0 Å². The highest BCUT2D eigenvalue weighted by atomic mass is 16.5. The van der Waals surface area contributed by atoms with Gasteiger partial charge in [0.05, 0.1) is 6.61 Å². The summed E-state index contributed by atoms with van der Waals surface area (Å²) in [5.41, 5.74) is 1.67. The lowest BCUT2D eigenvalue weighted by molar-refractivity contribution is 0.151. The molecule has 5 nitrogen and oxygen atoms in total. The van der Waals surface area contributed by atoms with E-state index in [0.717, 1.165) is 36.9 Å². The van der Waals surface area contributed by atoms with Crippen molar-refractivity contribution in [2.24, 2.45) is 10.4 Å². The van der Waals surface area contributed by atoms with Gasteiger partial charge in [-0.25, -0.2) is 4.98 Å². The Morgan fingerprint density at radius 3 is 2.96 bits per heavy atom. The van der Waals surface area contributed by atoms with Crippen molar-refractivity contribution in [3.8, 4) is 5.88 Å². The third kappa shape index (κ3) is 3.59. The Bertz CT molecular complexity index is 554. The highest BCUT2D eigenvalue weighted by Crippen LogP contribution is 2.47. The number of pyridine rings is 1. The second-order valence-electron chi connectivity index (χ2n) is 6.74. The molecule has 1 spiro atoms. The molecule has 0 aromatic carbocycles. The van der Waals surface area contributed by atoms with E-state index in [-0.39, 0.29) is 0 Å². The standard InChI is InChI=1S/C18H28N4O/c1-3-12-23-16-15(6-4-10-20-16)13-21-17(19-2)22-11-9-18(14-22)7-5-8-18/h4,6,10H,3,5,7-9,11-14H2,1-2H3,(H,19,21). The highest BCUT2D eigenvalue weighted by molar-refractivity contribution is 5.80. The van der Waals surface area contributed by atoms with Gasteiger partial charge in [-0.15, -0.1) is 0 Å². The molecule has 2 aliphatic rings. The molecule has 1 saturated heterocycles. The molecule has 1 N–H and O–H groups in total. The van der Waals surface area contributed by atoms with Gasteiger partial charge in [-0.2, -0.15) is 0 Å². The second-order valence-corrected chi connectivity index (χ2v) is 6.74. The predicted molar refractivity (Wildman–Crippen MR) is 92.7 cm³/mol. The van der Waals surface area contributed by atoms with Gasteiger partial charge < -0.3 is 15.0 Å². The minimum Gasteiger partial charge on any atom is -0.477 e. The minimum atomic E-state index is 0.585. The van der Waals surface area contributed by atoms with E-state index in [4.69, 9.17) is 4.74 Å². The number of nitrogens with one attached hydrogen (secondary N) is 1. The topological polar surface area (TPSA) is 49.8 Å². The van der Waals surface area contributed by atoms with Crippen molar-refractivity contribution in [2.45, 2.75) is 45.6 Å². The number of hydrogen-bond acceptors (Lipinski definition) is 3. The first kappa shape index (κ1) is 16.1. The van der Waals surface area contributed by atoms with E-state index in [1.165, 1.54) is 25.7 Å². The van der Waals surface area contributed by atoms with Crippen molar-refractivity contribution in [3.05, 3.63) is 23.9 Å². The summed E-state index contributed by atoms with van der Waals surface area (Å²) in [6.45, 7) is 5.77. The van der Waals surface area contributed by atoms with Crippen LogP contribution in [-0.2, 0) is 6.54 Å². The van der Waals surface area contributed by atoms with Crippen molar-refractivity contribution in [3.63, 3.8) is 0 Å². The number of guanidine groups is 1. The zero-order valence-corrected chi connectivity index (χ0v) is 14.3. The molecular weight excluding hydrogens is 288 g/mol. The third-order valence-corrected chi connectivity index (χ3v) is 5.09. The fourth-order valence-corrected chi connectivity index (χ4v) is 3.59. The number of aliphatic imine (C=N–C) groups is 1. The van der Waals surface area contributed by atoms with Gasteiger partial charge in [0.25, 0.3) is 0 Å². The van der Waals surface area contributed by atoms with Crippen molar-refractivity contribution >= 4 is 5.96 Å². The fourth-order valence-electron chi connectivity index (χ4n) is 3.59. The van der Waals surface area contributed by atoms with Crippen molar-refractivity contribution < 1.29 is 4.74 Å². The van der Waals surface area contributed by atoms with E-state index in [0.29, 0.717) is 18.6 Å². The Morgan fingerprint density at radius 2 is 2.30 bits per heavy atom. The summed E-state index contributed by atoms with van der Waals surface area (Å²) in [5.74, 6) is 1.73. The molecule has 2 fully saturated rings. The van der Waals surface area contributed by atoms with Crippen LogP contribution in [-0.4, -0.2) is 42.6 Å². The van der Waals surface area contributed by atoms with Crippen molar-refractivity contribution in [1.29, 1.82) is 0 Å². The maximum atomic E-state index is 5.73. The summed E-state index contributed by atoms with van der Waals surface area (Å²) in [5, 5.41) is 3.49. The second kappa shape index (κ2) is 7.20. The average molecular weight is 316 g/mol. The number of likely N-dealkylation sites (tertiary alicyclic amines) is 1. The molecule has 1 aliphatic heterocycles. The Kier molecular flexibility index (Phi) is 5.03. The Labute approximate surface area is 139 Å². The predicted octanol–water partition coefficient (Wildman–Crippen LogP) is 2.82. The molecular formula is C18H28N4O. The van der Waals surface area contributed by atoms with E-state index in [1.807, 2.05) is 13.1 Å². The van der Waals surface area contributed by atoms with Gasteiger partial charge in [-0.05, 0) is 37.2 Å². The van der Waals surface area contributed by atoms with Crippen LogP contribution in [0.1, 0.15) is 44.6 Å². The summed E-state index contributed by atoms with van der Waals surface area (Å²) in [6, 6.07) is 4.02. The van der Waals surface area contributed by atoms with Gasteiger partial charge in [-0.1, -0.05) is 19.4 Å². The molecule has 1 aromatic heterocycles. The largest absolute Gasteiger partial charge is 0.477 e. The molecule has 1 saturated carbocycles. The molecule has 0 atom stereocenters. The molecule has 0 bridgehead atoms. The van der Waals surface area contributed by atoms with E-state index in [2.05, 4.69) is 33.2 Å². The average Bonchev–Trinajstić information content (AvgIpc) is 3.00. The maximum Gasteiger partial charge on any atom is 0.218 e. The fraction of sp³-hybridized carbons (Fsp3) is 0.667. The molecule has 1 aliphatic carbocycles. The van der Waals surface area contributed by atoms with Gasteiger partial charge in [0, 0.05) is 38.4 Å². The highest BCUT2D eigenvalue weighted by Gasteiger charge is 2.43. The van der Waals surface area contributed by atoms with Crippen LogP contribution in [0.2, 0.25) is 0 Å². The third-order valence-electron chi connectivity index (χ3n) is 5.09. The van der Waals surface area contributed by atoms with Crippen LogP contribution < -0.4 is 10.1 Å². The number of nitrogens with zero attached hydrogens (tertiary/aromatic N) is 3. The summed E-state index contributed by atoms with van der Waals surface area (Å²) >= 11 is 0. The SMILES string of the molecule is CCCOc1ncccc1CNC(=NC)N1CCC2(CCC2)C1. The Hall–Kier alpha value is -1.78. The first-order valence-corrected chi connectivity index (χ1v) is 8.79. The van der Waals surface area contributed by atoms with Gasteiger partial charge in [0.2, 0.25) is 5.88 Å². The number of hydrogen-bond donors (Lipinski definition) is 1. The monoisotopic (exact) mass is 316 g/mol. The summed E-state index contributed by atoms with van der Waals surface area (Å²) in [7, 11) is 1.87. The van der Waals surface area contributed by atoms with Crippen LogP contribution in [0.15, 0.2) is 23.3 Å². The first-order valence-electron chi connectivity index (χ1n) is 8.79. The van der Waals surface area contributed by atoms with Crippen molar-refractivity contribution in [2.75, 3.05) is 26.7 Å². The Morgan fingerprint density at radius 1 is 1.43 bits per heavy atom. The van der Waals surface area contributed by atoms with Gasteiger partial charge in [0.1, 0.15) is 0 Å². The number of aromatic nitrogens is 1. The molecule has 0 radical (unpaired) electrons. The zero-order chi connectivity index (χ0) is 16.1. The first-order chi connectivity index (χ1) is 11.3. The minimum absolute atomic E-state index is 0.585. The lowest BCUT2D eigenvalue weighted by Crippen LogP contribution is -2.42. The van der Waals surface area contributed by atoms with Crippen LogP contribution in [0.5, 0.6) is 5.88 Å². The number of rotatable bonds is 5.